The average molecular weight is 285 g/mol. The van der Waals surface area contributed by atoms with Crippen LogP contribution in [0.15, 0.2) is 0 Å². The summed E-state index contributed by atoms with van der Waals surface area (Å²) in [5.74, 6) is 0.0419. The van der Waals surface area contributed by atoms with E-state index in [-0.39, 0.29) is 30.0 Å². The first kappa shape index (κ1) is 15.7. The van der Waals surface area contributed by atoms with Crippen LogP contribution in [0, 0.1) is 11.3 Å². The van der Waals surface area contributed by atoms with Crippen molar-refractivity contribution in [3.05, 3.63) is 0 Å². The van der Waals surface area contributed by atoms with E-state index in [0.29, 0.717) is 19.8 Å². The average Bonchev–Trinajstić information content (AvgIpc) is 2.53. The van der Waals surface area contributed by atoms with E-state index in [0.717, 1.165) is 38.7 Å². The van der Waals surface area contributed by atoms with Crippen LogP contribution < -0.4 is 5.32 Å². The van der Waals surface area contributed by atoms with Gasteiger partial charge in [0.1, 0.15) is 0 Å². The zero-order valence-corrected chi connectivity index (χ0v) is 12.4. The minimum Gasteiger partial charge on any atom is -0.396 e. The highest BCUT2D eigenvalue weighted by Gasteiger charge is 2.35. The molecule has 0 aromatic heterocycles. The minimum atomic E-state index is -0.203. The van der Waals surface area contributed by atoms with Crippen molar-refractivity contribution < 1.29 is 19.4 Å². The number of aliphatic hydroxyl groups is 1. The zero-order chi connectivity index (χ0) is 14.4. The van der Waals surface area contributed by atoms with Gasteiger partial charge in [0.05, 0.1) is 18.6 Å². The Labute approximate surface area is 121 Å². The zero-order valence-electron chi connectivity index (χ0n) is 12.4. The fraction of sp³-hybridized carbons (Fsp3) is 0.933. The predicted octanol–water partition coefficient (Wildman–Crippen LogP) is 1.10. The first-order valence-corrected chi connectivity index (χ1v) is 7.79. The maximum atomic E-state index is 12.4. The van der Waals surface area contributed by atoms with Crippen molar-refractivity contribution in [1.82, 2.24) is 5.32 Å². The van der Waals surface area contributed by atoms with Crippen molar-refractivity contribution in [1.29, 1.82) is 0 Å². The van der Waals surface area contributed by atoms with Crippen LogP contribution in [0.25, 0.3) is 0 Å². The summed E-state index contributed by atoms with van der Waals surface area (Å²) in [6, 6.07) is 0. The third-order valence-corrected chi connectivity index (χ3v) is 4.71. The standard InChI is InChI=1S/C15H27NO4/c1-2-13-12(4-3-7-20-13)14(18)16-10-15(11-17)5-8-19-9-6-15/h12-13,17H,2-11H2,1H3,(H,16,18)/t12-,13+/m1/s1. The molecule has 2 atom stereocenters. The van der Waals surface area contributed by atoms with Gasteiger partial charge in [0, 0.05) is 31.8 Å². The summed E-state index contributed by atoms with van der Waals surface area (Å²) in [5.41, 5.74) is -0.203. The quantitative estimate of drug-likeness (QED) is 0.793. The van der Waals surface area contributed by atoms with E-state index in [1.807, 2.05) is 0 Å². The first-order chi connectivity index (χ1) is 9.71. The SMILES string of the molecule is CC[C@@H]1OCCC[C@H]1C(=O)NCC1(CO)CCOCC1. The number of hydrogen-bond acceptors (Lipinski definition) is 4. The van der Waals surface area contributed by atoms with Gasteiger partial charge in [-0.05, 0) is 32.1 Å². The van der Waals surface area contributed by atoms with Crippen LogP contribution in [0.5, 0.6) is 0 Å². The molecule has 2 saturated heterocycles. The van der Waals surface area contributed by atoms with Gasteiger partial charge in [-0.1, -0.05) is 6.92 Å². The summed E-state index contributed by atoms with van der Waals surface area (Å²) in [5, 5.41) is 12.7. The van der Waals surface area contributed by atoms with E-state index in [1.165, 1.54) is 0 Å². The van der Waals surface area contributed by atoms with E-state index in [9.17, 15) is 9.90 Å². The molecule has 2 heterocycles. The number of ether oxygens (including phenoxy) is 2. The lowest BCUT2D eigenvalue weighted by Gasteiger charge is -2.37. The predicted molar refractivity (Wildman–Crippen MR) is 75.3 cm³/mol. The van der Waals surface area contributed by atoms with Gasteiger partial charge in [-0.25, -0.2) is 0 Å². The highest BCUT2D eigenvalue weighted by Crippen LogP contribution is 2.30. The highest BCUT2D eigenvalue weighted by atomic mass is 16.5. The third-order valence-electron chi connectivity index (χ3n) is 4.71. The maximum Gasteiger partial charge on any atom is 0.225 e. The second kappa shape index (κ2) is 7.38. The molecule has 0 spiro atoms. The number of rotatable bonds is 5. The summed E-state index contributed by atoms with van der Waals surface area (Å²) >= 11 is 0. The van der Waals surface area contributed by atoms with Crippen LogP contribution in [0.3, 0.4) is 0 Å². The molecule has 20 heavy (non-hydrogen) atoms. The van der Waals surface area contributed by atoms with Gasteiger partial charge >= 0.3 is 0 Å². The van der Waals surface area contributed by atoms with Gasteiger partial charge in [0.15, 0.2) is 0 Å². The second-order valence-electron chi connectivity index (χ2n) is 6.05. The van der Waals surface area contributed by atoms with Crippen LogP contribution in [-0.4, -0.2) is 50.1 Å². The lowest BCUT2D eigenvalue weighted by Crippen LogP contribution is -2.48. The monoisotopic (exact) mass is 285 g/mol. The molecule has 2 aliphatic heterocycles. The number of amides is 1. The van der Waals surface area contributed by atoms with Crippen molar-refractivity contribution in [2.45, 2.75) is 45.1 Å². The van der Waals surface area contributed by atoms with Gasteiger partial charge < -0.3 is 19.9 Å². The number of nitrogens with one attached hydrogen (secondary N) is 1. The van der Waals surface area contributed by atoms with E-state index in [2.05, 4.69) is 12.2 Å². The molecule has 5 heteroatoms. The molecule has 0 bridgehead atoms. The van der Waals surface area contributed by atoms with Crippen molar-refractivity contribution in [2.75, 3.05) is 33.0 Å². The summed E-state index contributed by atoms with van der Waals surface area (Å²) in [6.07, 6.45) is 4.39. The Hall–Kier alpha value is -0.650. The van der Waals surface area contributed by atoms with Gasteiger partial charge in [-0.3, -0.25) is 4.79 Å². The molecule has 0 aromatic carbocycles. The van der Waals surface area contributed by atoms with Crippen LogP contribution in [0.4, 0.5) is 0 Å². The molecule has 0 aliphatic carbocycles. The van der Waals surface area contributed by atoms with Crippen molar-refractivity contribution >= 4 is 5.91 Å². The van der Waals surface area contributed by atoms with E-state index in [4.69, 9.17) is 9.47 Å². The maximum absolute atomic E-state index is 12.4. The summed E-state index contributed by atoms with van der Waals surface area (Å²) in [7, 11) is 0. The largest absolute Gasteiger partial charge is 0.396 e. The summed E-state index contributed by atoms with van der Waals surface area (Å²) < 4.78 is 11.0. The number of carbonyl (C=O) groups is 1. The number of aliphatic hydroxyl groups excluding tert-OH is 1. The van der Waals surface area contributed by atoms with Gasteiger partial charge in [-0.2, -0.15) is 0 Å². The molecular formula is C15H27NO4. The van der Waals surface area contributed by atoms with E-state index >= 15 is 0 Å². The van der Waals surface area contributed by atoms with Crippen molar-refractivity contribution in [3.63, 3.8) is 0 Å². The molecule has 2 rings (SSSR count). The lowest BCUT2D eigenvalue weighted by atomic mass is 9.80. The Morgan fingerprint density at radius 2 is 2.10 bits per heavy atom. The molecule has 0 aromatic rings. The highest BCUT2D eigenvalue weighted by molar-refractivity contribution is 5.79. The Bertz CT molecular complexity index is 315. The van der Waals surface area contributed by atoms with Gasteiger partial charge in [0.25, 0.3) is 0 Å². The van der Waals surface area contributed by atoms with Crippen LogP contribution in [-0.2, 0) is 14.3 Å². The fourth-order valence-corrected chi connectivity index (χ4v) is 3.14. The topological polar surface area (TPSA) is 67.8 Å². The second-order valence-corrected chi connectivity index (χ2v) is 6.05. The molecule has 2 aliphatic rings. The Morgan fingerprint density at radius 3 is 2.75 bits per heavy atom. The molecule has 2 N–H and O–H groups in total. The van der Waals surface area contributed by atoms with Crippen LogP contribution >= 0.6 is 0 Å². The molecule has 0 radical (unpaired) electrons. The molecule has 0 unspecified atom stereocenters. The molecular weight excluding hydrogens is 258 g/mol. The Morgan fingerprint density at radius 1 is 1.35 bits per heavy atom. The van der Waals surface area contributed by atoms with Gasteiger partial charge in [-0.15, -0.1) is 0 Å². The van der Waals surface area contributed by atoms with Crippen LogP contribution in [0.1, 0.15) is 39.0 Å². The summed E-state index contributed by atoms with van der Waals surface area (Å²) in [6.45, 7) is 4.80. The smallest absolute Gasteiger partial charge is 0.225 e. The minimum absolute atomic E-state index is 0.0377. The molecule has 116 valence electrons. The number of hydrogen-bond donors (Lipinski definition) is 2. The van der Waals surface area contributed by atoms with Crippen molar-refractivity contribution in [2.24, 2.45) is 11.3 Å². The Balaban J connectivity index is 1.86. The number of carbonyl (C=O) groups excluding carboxylic acids is 1. The van der Waals surface area contributed by atoms with Gasteiger partial charge in [0.2, 0.25) is 5.91 Å². The molecule has 5 nitrogen and oxygen atoms in total. The molecule has 1 amide bonds. The summed E-state index contributed by atoms with van der Waals surface area (Å²) in [4.78, 5) is 12.4. The van der Waals surface area contributed by atoms with Crippen LogP contribution in [0.2, 0.25) is 0 Å². The lowest BCUT2D eigenvalue weighted by molar-refractivity contribution is -0.135. The molecule has 2 fully saturated rings. The fourth-order valence-electron chi connectivity index (χ4n) is 3.14. The first-order valence-electron chi connectivity index (χ1n) is 7.79. The normalized spacial score (nSPS) is 29.9. The third kappa shape index (κ3) is 3.71. The van der Waals surface area contributed by atoms with E-state index < -0.39 is 0 Å². The Kier molecular flexibility index (Phi) is 5.81. The molecule has 0 saturated carbocycles. The van der Waals surface area contributed by atoms with Crippen molar-refractivity contribution in [3.8, 4) is 0 Å². The van der Waals surface area contributed by atoms with E-state index in [1.54, 1.807) is 0 Å².